The van der Waals surface area contributed by atoms with Crippen LogP contribution in [0, 0.1) is 0 Å². The van der Waals surface area contributed by atoms with E-state index in [9.17, 15) is 0 Å². The minimum Gasteiger partial charge on any atom is -0.415 e. The molecule has 1 saturated heterocycles. The summed E-state index contributed by atoms with van der Waals surface area (Å²) in [6, 6.07) is 8.25. The van der Waals surface area contributed by atoms with Crippen molar-refractivity contribution in [2.75, 3.05) is 31.6 Å². The molecule has 328 valence electrons. The highest BCUT2D eigenvalue weighted by molar-refractivity contribution is 6.75. The van der Waals surface area contributed by atoms with Gasteiger partial charge in [-0.25, -0.2) is 0 Å². The topological polar surface area (TPSA) is 95.8 Å². The van der Waals surface area contributed by atoms with Crippen LogP contribution in [0.3, 0.4) is 0 Å². The van der Waals surface area contributed by atoms with Crippen molar-refractivity contribution >= 4 is 39.0 Å². The molecule has 0 amide bonds. The van der Waals surface area contributed by atoms with Crippen LogP contribution in [0.4, 0.5) is 5.69 Å². The van der Waals surface area contributed by atoms with Gasteiger partial charge in [0.25, 0.3) is 0 Å². The van der Waals surface area contributed by atoms with Gasteiger partial charge in [0, 0.05) is 18.8 Å². The maximum atomic E-state index is 7.71. The number of tetrazole rings is 1. The van der Waals surface area contributed by atoms with Gasteiger partial charge in [0.05, 0.1) is 36.6 Å². The molecule has 0 radical (unpaired) electrons. The molecule has 1 fully saturated rings. The Morgan fingerprint density at radius 2 is 1.12 bits per heavy atom. The van der Waals surface area contributed by atoms with Crippen LogP contribution in [0.5, 0.6) is 0 Å². The summed E-state index contributed by atoms with van der Waals surface area (Å²) in [4.78, 5) is 4.24. The first-order chi connectivity index (χ1) is 25.8. The standard InChI is InChI=1S/C43H86N6O4Si4/c1-40(2,3)54(13,14)50-32-36-38(52-56(17,18)42(7,8)9)39(53-57(19,20)43(10,11)12)37(51-55(15,16)41(4,5)6)31-48(36)30-24-22-21-23-29-44-34-25-27-35(28-26-34)49-46-33-45-47-49/h25-28,33,36-39,44H,21-24,29-32H2,1-20H3/t36-,37?,38?,39?/m1/s1. The maximum absolute atomic E-state index is 7.71. The molecule has 3 unspecified atom stereocenters. The monoisotopic (exact) mass is 863 g/mol. The Balaban J connectivity index is 1.93. The van der Waals surface area contributed by atoms with Crippen LogP contribution < -0.4 is 5.32 Å². The smallest absolute Gasteiger partial charge is 0.192 e. The quantitative estimate of drug-likeness (QED) is 0.116. The molecule has 2 aromatic rings. The van der Waals surface area contributed by atoms with E-state index in [0.717, 1.165) is 56.7 Å². The number of hydrogen-bond donors (Lipinski definition) is 1. The van der Waals surface area contributed by atoms with Crippen molar-refractivity contribution in [3.63, 3.8) is 0 Å². The molecule has 14 heteroatoms. The van der Waals surface area contributed by atoms with Gasteiger partial charge in [0.2, 0.25) is 0 Å². The zero-order valence-corrected chi connectivity index (χ0v) is 44.2. The molecule has 0 bridgehead atoms. The molecular formula is C43H86N6O4Si4. The van der Waals surface area contributed by atoms with Gasteiger partial charge in [-0.15, -0.1) is 15.0 Å². The van der Waals surface area contributed by atoms with Crippen LogP contribution in [0.2, 0.25) is 72.5 Å². The number of nitrogens with zero attached hydrogens (tertiary/aromatic N) is 5. The predicted molar refractivity (Wildman–Crippen MR) is 251 cm³/mol. The zero-order valence-electron chi connectivity index (χ0n) is 40.2. The summed E-state index contributed by atoms with van der Waals surface area (Å²) < 4.78 is 30.1. The van der Waals surface area contributed by atoms with Gasteiger partial charge in [0.1, 0.15) is 0 Å². The Kier molecular flexibility index (Phi) is 16.5. The number of aromatic nitrogens is 4. The number of unbranched alkanes of at least 4 members (excludes halogenated alkanes) is 3. The number of piperidine rings is 1. The first-order valence-corrected chi connectivity index (χ1v) is 33.4. The lowest BCUT2D eigenvalue weighted by Gasteiger charge is -2.56. The second-order valence-corrected chi connectivity index (χ2v) is 41.9. The molecule has 1 aliphatic heterocycles. The first kappa shape index (κ1) is 50.1. The molecule has 1 aromatic heterocycles. The molecule has 0 spiro atoms. The maximum Gasteiger partial charge on any atom is 0.192 e. The van der Waals surface area contributed by atoms with Gasteiger partial charge in [0.15, 0.2) is 39.6 Å². The molecule has 2 heterocycles. The van der Waals surface area contributed by atoms with Crippen molar-refractivity contribution in [1.29, 1.82) is 0 Å². The van der Waals surface area contributed by atoms with Crippen LogP contribution >= 0.6 is 0 Å². The van der Waals surface area contributed by atoms with Crippen molar-refractivity contribution in [3.8, 4) is 5.69 Å². The fraction of sp³-hybridized carbons (Fsp3) is 0.837. The number of anilines is 1. The third-order valence-corrected chi connectivity index (χ3v) is 32.2. The van der Waals surface area contributed by atoms with Gasteiger partial charge in [-0.05, 0) is 121 Å². The fourth-order valence-electron chi connectivity index (χ4n) is 6.08. The van der Waals surface area contributed by atoms with Gasteiger partial charge < -0.3 is 23.0 Å². The van der Waals surface area contributed by atoms with E-state index in [1.807, 2.05) is 12.1 Å². The lowest BCUT2D eigenvalue weighted by Crippen LogP contribution is -2.70. The van der Waals surface area contributed by atoms with E-state index in [4.69, 9.17) is 17.7 Å². The van der Waals surface area contributed by atoms with Gasteiger partial charge in [-0.1, -0.05) is 95.9 Å². The predicted octanol–water partition coefficient (Wildman–Crippen LogP) is 11.5. The third-order valence-electron chi connectivity index (χ3n) is 14.2. The SMILES string of the molecule is CC(C)(C)[Si](C)(C)OC[C@@H]1C(O[Si](C)(C)C(C)(C)C)C(O[Si](C)(C)C(C)(C)C)C(O[Si](C)(C)C(C)(C)C)CN1CCCCCCNc1ccc(-n2ncnn2)cc1. The Bertz CT molecular complexity index is 1510. The lowest BCUT2D eigenvalue weighted by atomic mass is 9.94. The Hall–Kier alpha value is -1.24. The summed E-state index contributed by atoms with van der Waals surface area (Å²) >= 11 is 0. The van der Waals surface area contributed by atoms with E-state index in [1.165, 1.54) is 11.1 Å². The summed E-state index contributed by atoms with van der Waals surface area (Å²) in [6.07, 6.45) is 5.58. The van der Waals surface area contributed by atoms with Gasteiger partial charge >= 0.3 is 0 Å². The molecule has 4 atom stereocenters. The number of likely N-dealkylation sites (tertiary alicyclic amines) is 1. The molecule has 0 saturated carbocycles. The molecule has 1 aliphatic rings. The minimum absolute atomic E-state index is 0.0436. The van der Waals surface area contributed by atoms with Crippen LogP contribution in [-0.4, -0.2) is 109 Å². The van der Waals surface area contributed by atoms with Crippen molar-refractivity contribution in [2.45, 2.75) is 206 Å². The van der Waals surface area contributed by atoms with E-state index in [2.05, 4.69) is 173 Å². The summed E-state index contributed by atoms with van der Waals surface area (Å²) in [5.41, 5.74) is 2.00. The number of hydrogen-bond acceptors (Lipinski definition) is 9. The molecule has 1 N–H and O–H groups in total. The summed E-state index contributed by atoms with van der Waals surface area (Å²) in [5.74, 6) is 0. The van der Waals surface area contributed by atoms with Crippen LogP contribution in [0.15, 0.2) is 30.6 Å². The summed E-state index contributed by atoms with van der Waals surface area (Å²) in [7, 11) is -8.74. The van der Waals surface area contributed by atoms with E-state index in [0.29, 0.717) is 6.61 Å². The van der Waals surface area contributed by atoms with Gasteiger partial charge in [-0.2, -0.15) is 0 Å². The molecule has 10 nitrogen and oxygen atoms in total. The minimum atomic E-state index is -2.26. The molecular weight excluding hydrogens is 777 g/mol. The highest BCUT2D eigenvalue weighted by atomic mass is 28.4. The highest BCUT2D eigenvalue weighted by Crippen LogP contribution is 2.46. The van der Waals surface area contributed by atoms with E-state index in [-0.39, 0.29) is 44.5 Å². The zero-order chi connectivity index (χ0) is 43.5. The van der Waals surface area contributed by atoms with Crippen LogP contribution in [0.25, 0.3) is 5.69 Å². The Morgan fingerprint density at radius 3 is 1.61 bits per heavy atom. The highest BCUT2D eigenvalue weighted by Gasteiger charge is 2.55. The largest absolute Gasteiger partial charge is 0.415 e. The number of benzene rings is 1. The molecule has 1 aromatic carbocycles. The summed E-state index contributed by atoms with van der Waals surface area (Å²) in [5, 5.41) is 15.8. The van der Waals surface area contributed by atoms with Crippen molar-refractivity contribution in [2.24, 2.45) is 0 Å². The number of rotatable bonds is 18. The average molecular weight is 864 g/mol. The molecule has 3 rings (SSSR count). The summed E-state index contributed by atoms with van der Waals surface area (Å²) in [6.45, 7) is 50.8. The molecule has 0 aliphatic carbocycles. The van der Waals surface area contributed by atoms with Crippen molar-refractivity contribution in [1.82, 2.24) is 25.1 Å². The van der Waals surface area contributed by atoms with E-state index < -0.39 is 33.3 Å². The van der Waals surface area contributed by atoms with Crippen LogP contribution in [0.1, 0.15) is 109 Å². The average Bonchev–Trinajstić information content (AvgIpc) is 3.59. The van der Waals surface area contributed by atoms with E-state index >= 15 is 0 Å². The number of nitrogens with one attached hydrogen (secondary N) is 1. The van der Waals surface area contributed by atoms with Crippen molar-refractivity contribution in [3.05, 3.63) is 30.6 Å². The van der Waals surface area contributed by atoms with E-state index in [1.54, 1.807) is 0 Å². The normalized spacial score (nSPS) is 21.3. The van der Waals surface area contributed by atoms with Crippen molar-refractivity contribution < 1.29 is 17.7 Å². The second-order valence-electron chi connectivity index (χ2n) is 22.8. The Labute approximate surface area is 353 Å². The van der Waals surface area contributed by atoms with Gasteiger partial charge in [-0.3, -0.25) is 4.90 Å². The molecule has 57 heavy (non-hydrogen) atoms. The Morgan fingerprint density at radius 1 is 0.632 bits per heavy atom. The third kappa shape index (κ3) is 13.4. The van der Waals surface area contributed by atoms with Crippen LogP contribution in [-0.2, 0) is 17.7 Å². The second kappa shape index (κ2) is 18.8. The lowest BCUT2D eigenvalue weighted by molar-refractivity contribution is -0.128. The fourth-order valence-corrected chi connectivity index (χ4v) is 11.1. The first-order valence-electron chi connectivity index (χ1n) is 21.8.